The first-order valence-electron chi connectivity index (χ1n) is 7.57. The minimum atomic E-state index is -1.04. The number of carboxylic acids is 1. The Morgan fingerprint density at radius 1 is 1.36 bits per heavy atom. The van der Waals surface area contributed by atoms with E-state index in [0.717, 1.165) is 11.3 Å². The molecule has 2 heterocycles. The number of halogens is 1. The molecule has 6 nitrogen and oxygen atoms in total. The summed E-state index contributed by atoms with van der Waals surface area (Å²) in [5.74, 6) is -0.326. The summed E-state index contributed by atoms with van der Waals surface area (Å²) in [6.45, 7) is 2.52. The van der Waals surface area contributed by atoms with E-state index in [9.17, 15) is 14.7 Å². The number of nitrogens with zero attached hydrogens (tertiary/aromatic N) is 2. The van der Waals surface area contributed by atoms with E-state index in [-0.39, 0.29) is 10.4 Å². The third-order valence-electron chi connectivity index (χ3n) is 3.74. The van der Waals surface area contributed by atoms with Gasteiger partial charge in [-0.15, -0.1) is 11.3 Å². The number of thiophene rings is 1. The van der Waals surface area contributed by atoms with Crippen molar-refractivity contribution in [2.45, 2.75) is 19.9 Å². The van der Waals surface area contributed by atoms with Crippen molar-refractivity contribution in [3.63, 3.8) is 0 Å². The normalized spacial score (nSPS) is 11.0. The van der Waals surface area contributed by atoms with Crippen LogP contribution in [-0.2, 0) is 6.54 Å². The molecule has 0 amide bonds. The van der Waals surface area contributed by atoms with Crippen molar-refractivity contribution in [2.24, 2.45) is 0 Å². The maximum atomic E-state index is 12.6. The van der Waals surface area contributed by atoms with Gasteiger partial charge in [-0.3, -0.25) is 9.36 Å². The second-order valence-corrected chi connectivity index (χ2v) is 6.88. The number of benzene rings is 1. The average molecular weight is 379 g/mol. The Bertz CT molecular complexity index is 979. The summed E-state index contributed by atoms with van der Waals surface area (Å²) in [5, 5.41) is 10.2. The minimum Gasteiger partial charge on any atom is -0.494 e. The molecule has 1 N–H and O–H groups in total. The Kier molecular flexibility index (Phi) is 5.06. The number of fused-ring (bicyclic) bond motifs is 1. The highest BCUT2D eigenvalue weighted by atomic mass is 35.5. The van der Waals surface area contributed by atoms with Crippen LogP contribution in [0.2, 0.25) is 5.02 Å². The van der Waals surface area contributed by atoms with Crippen LogP contribution in [0, 0.1) is 6.92 Å². The fourth-order valence-electron chi connectivity index (χ4n) is 2.48. The molecule has 2 aromatic heterocycles. The molecule has 0 radical (unpaired) electrons. The number of hydrogen-bond acceptors (Lipinski definition) is 5. The van der Waals surface area contributed by atoms with Crippen molar-refractivity contribution >= 4 is 39.1 Å². The zero-order valence-corrected chi connectivity index (χ0v) is 14.9. The molecule has 8 heteroatoms. The van der Waals surface area contributed by atoms with E-state index >= 15 is 0 Å². The maximum absolute atomic E-state index is 12.6. The minimum absolute atomic E-state index is 0.156. The van der Waals surface area contributed by atoms with Crippen molar-refractivity contribution < 1.29 is 14.6 Å². The van der Waals surface area contributed by atoms with E-state index in [1.807, 2.05) is 0 Å². The predicted octanol–water partition coefficient (Wildman–Crippen LogP) is 3.59. The molecule has 0 unspecified atom stereocenters. The molecular formula is C17H15ClN2O4S. The van der Waals surface area contributed by atoms with Crippen LogP contribution in [0.5, 0.6) is 5.75 Å². The zero-order valence-electron chi connectivity index (χ0n) is 13.4. The summed E-state index contributed by atoms with van der Waals surface area (Å²) < 4.78 is 7.08. The standard InChI is InChI=1S/C17H15ClN2O4S/c1-10-13-15(25-14(10)17(22)23)19-9-20(16(13)21)7-2-8-24-12-5-3-11(18)4-6-12/h3-6,9H,2,7-8H2,1H3,(H,22,23). The molecule has 1 aromatic carbocycles. The highest BCUT2D eigenvalue weighted by Gasteiger charge is 2.18. The molecule has 0 aliphatic rings. The zero-order chi connectivity index (χ0) is 18.0. The van der Waals surface area contributed by atoms with Crippen LogP contribution < -0.4 is 10.3 Å². The molecule has 0 aliphatic heterocycles. The largest absolute Gasteiger partial charge is 0.494 e. The molecule has 25 heavy (non-hydrogen) atoms. The number of carboxylic acid groups (broad SMARTS) is 1. The second kappa shape index (κ2) is 7.25. The summed E-state index contributed by atoms with van der Waals surface area (Å²) in [6.07, 6.45) is 2.07. The van der Waals surface area contributed by atoms with Gasteiger partial charge in [-0.1, -0.05) is 11.6 Å². The van der Waals surface area contributed by atoms with Crippen LogP contribution in [0.1, 0.15) is 21.7 Å². The van der Waals surface area contributed by atoms with E-state index in [0.29, 0.717) is 46.1 Å². The SMILES string of the molecule is Cc1c(C(=O)O)sc2ncn(CCCOc3ccc(Cl)cc3)c(=O)c12. The molecule has 3 aromatic rings. The second-order valence-electron chi connectivity index (χ2n) is 5.44. The third kappa shape index (κ3) is 3.67. The third-order valence-corrected chi connectivity index (χ3v) is 5.18. The van der Waals surface area contributed by atoms with Gasteiger partial charge in [0.05, 0.1) is 18.3 Å². The Balaban J connectivity index is 1.70. The van der Waals surface area contributed by atoms with Gasteiger partial charge in [-0.25, -0.2) is 9.78 Å². The molecule has 0 saturated carbocycles. The van der Waals surface area contributed by atoms with E-state index in [2.05, 4.69) is 4.98 Å². The monoisotopic (exact) mass is 378 g/mol. The quantitative estimate of drug-likeness (QED) is 0.663. The van der Waals surface area contributed by atoms with Crippen LogP contribution in [0.25, 0.3) is 10.2 Å². The number of aromatic carboxylic acids is 1. The Hall–Kier alpha value is -2.38. The average Bonchev–Trinajstić information content (AvgIpc) is 2.93. The lowest BCUT2D eigenvalue weighted by Crippen LogP contribution is -2.21. The molecule has 0 fully saturated rings. The van der Waals surface area contributed by atoms with Crippen LogP contribution >= 0.6 is 22.9 Å². The van der Waals surface area contributed by atoms with E-state index in [1.165, 1.54) is 10.9 Å². The summed E-state index contributed by atoms with van der Waals surface area (Å²) in [7, 11) is 0. The van der Waals surface area contributed by atoms with Gasteiger partial charge in [0.1, 0.15) is 15.5 Å². The predicted molar refractivity (Wildman–Crippen MR) is 97.1 cm³/mol. The first-order chi connectivity index (χ1) is 12.0. The lowest BCUT2D eigenvalue weighted by atomic mass is 10.2. The van der Waals surface area contributed by atoms with Crippen LogP contribution in [0.15, 0.2) is 35.4 Å². The summed E-state index contributed by atoms with van der Waals surface area (Å²) in [6, 6.07) is 7.06. The molecular weight excluding hydrogens is 364 g/mol. The molecule has 0 spiro atoms. The first-order valence-corrected chi connectivity index (χ1v) is 8.77. The molecule has 130 valence electrons. The molecule has 0 atom stereocenters. The van der Waals surface area contributed by atoms with Gasteiger partial charge < -0.3 is 9.84 Å². The van der Waals surface area contributed by atoms with Crippen LogP contribution in [0.3, 0.4) is 0 Å². The number of aromatic nitrogens is 2. The van der Waals surface area contributed by atoms with Gasteiger partial charge in [0.15, 0.2) is 0 Å². The van der Waals surface area contributed by atoms with E-state index < -0.39 is 5.97 Å². The van der Waals surface area contributed by atoms with Gasteiger partial charge in [-0.2, -0.15) is 0 Å². The number of rotatable bonds is 6. The Labute approximate surface area is 152 Å². The highest BCUT2D eigenvalue weighted by Crippen LogP contribution is 2.26. The topological polar surface area (TPSA) is 81.4 Å². The summed E-state index contributed by atoms with van der Waals surface area (Å²) >= 11 is 6.84. The Morgan fingerprint density at radius 3 is 2.76 bits per heavy atom. The van der Waals surface area contributed by atoms with Crippen LogP contribution in [-0.4, -0.2) is 27.2 Å². The number of carbonyl (C=O) groups is 1. The van der Waals surface area contributed by atoms with Crippen molar-refractivity contribution in [3.8, 4) is 5.75 Å². The summed E-state index contributed by atoms with van der Waals surface area (Å²) in [5.41, 5.74) is 0.245. The number of ether oxygens (including phenoxy) is 1. The molecule has 3 rings (SSSR count). The number of aryl methyl sites for hydroxylation is 2. The smallest absolute Gasteiger partial charge is 0.346 e. The fraction of sp³-hybridized carbons (Fsp3) is 0.235. The molecule has 0 saturated heterocycles. The van der Waals surface area contributed by atoms with E-state index in [4.69, 9.17) is 16.3 Å². The molecule has 0 bridgehead atoms. The van der Waals surface area contributed by atoms with Crippen molar-refractivity contribution in [2.75, 3.05) is 6.61 Å². The van der Waals surface area contributed by atoms with E-state index in [1.54, 1.807) is 31.2 Å². The van der Waals surface area contributed by atoms with Crippen molar-refractivity contribution in [1.29, 1.82) is 0 Å². The van der Waals surface area contributed by atoms with Gasteiger partial charge in [0, 0.05) is 11.6 Å². The van der Waals surface area contributed by atoms with Gasteiger partial charge in [0.25, 0.3) is 5.56 Å². The first kappa shape index (κ1) is 17.4. The number of hydrogen-bond donors (Lipinski definition) is 1. The van der Waals surface area contributed by atoms with Gasteiger partial charge in [0.2, 0.25) is 0 Å². The van der Waals surface area contributed by atoms with Gasteiger partial charge >= 0.3 is 5.97 Å². The summed E-state index contributed by atoms with van der Waals surface area (Å²) in [4.78, 5) is 28.6. The Morgan fingerprint density at radius 2 is 2.08 bits per heavy atom. The molecule has 0 aliphatic carbocycles. The van der Waals surface area contributed by atoms with Crippen molar-refractivity contribution in [3.05, 3.63) is 56.4 Å². The maximum Gasteiger partial charge on any atom is 0.346 e. The van der Waals surface area contributed by atoms with Crippen molar-refractivity contribution in [1.82, 2.24) is 9.55 Å². The fourth-order valence-corrected chi connectivity index (χ4v) is 3.58. The van der Waals surface area contributed by atoms with Gasteiger partial charge in [-0.05, 0) is 43.2 Å². The van der Waals surface area contributed by atoms with Crippen LogP contribution in [0.4, 0.5) is 0 Å². The lowest BCUT2D eigenvalue weighted by molar-refractivity contribution is 0.0701. The lowest BCUT2D eigenvalue weighted by Gasteiger charge is -2.08. The highest BCUT2D eigenvalue weighted by molar-refractivity contribution is 7.20.